The van der Waals surface area contributed by atoms with E-state index in [1.807, 2.05) is 4.90 Å². The quantitative estimate of drug-likeness (QED) is 0.848. The molecule has 5 heteroatoms. The molecule has 2 aliphatic rings. The van der Waals surface area contributed by atoms with Crippen molar-refractivity contribution in [3.8, 4) is 0 Å². The van der Waals surface area contributed by atoms with Crippen molar-refractivity contribution < 1.29 is 9.69 Å². The van der Waals surface area contributed by atoms with E-state index in [0.29, 0.717) is 0 Å². The number of carbonyl (C=O) groups excluding carboxylic acids is 1. The summed E-state index contributed by atoms with van der Waals surface area (Å²) in [6.45, 7) is 10.9. The third kappa shape index (κ3) is 3.78. The van der Waals surface area contributed by atoms with Crippen molar-refractivity contribution in [2.75, 3.05) is 37.6 Å². The molecule has 1 saturated heterocycles. The van der Waals surface area contributed by atoms with Gasteiger partial charge in [-0.25, -0.2) is 0 Å². The third-order valence-corrected chi connectivity index (χ3v) is 7.33. The molecular formula is C23H30N3OS+. The van der Waals surface area contributed by atoms with Gasteiger partial charge in [0.1, 0.15) is 11.5 Å². The summed E-state index contributed by atoms with van der Waals surface area (Å²) in [5, 5.41) is 1.09. The minimum atomic E-state index is 0.126. The lowest BCUT2D eigenvalue weighted by Gasteiger charge is -2.27. The van der Waals surface area contributed by atoms with Crippen molar-refractivity contribution in [1.29, 1.82) is 0 Å². The van der Waals surface area contributed by atoms with E-state index in [1.54, 1.807) is 16.2 Å². The zero-order valence-corrected chi connectivity index (χ0v) is 18.0. The van der Waals surface area contributed by atoms with Crippen LogP contribution in [-0.4, -0.2) is 44.3 Å². The number of carbonyl (C=O) groups is 1. The summed E-state index contributed by atoms with van der Waals surface area (Å²) >= 11 is 1.75. The average molecular weight is 397 g/mol. The second kappa shape index (κ2) is 8.18. The summed E-state index contributed by atoms with van der Waals surface area (Å²) in [6, 6.07) is 8.50. The van der Waals surface area contributed by atoms with Crippen LogP contribution in [0.1, 0.15) is 46.4 Å². The number of fused-ring (bicyclic) bond motifs is 1. The molecule has 0 saturated carbocycles. The lowest BCUT2D eigenvalue weighted by molar-refractivity contribution is -0.903. The van der Waals surface area contributed by atoms with Crippen LogP contribution >= 0.6 is 11.3 Å². The average Bonchev–Trinajstić information content (AvgIpc) is 2.91. The maximum Gasteiger partial charge on any atom is 0.249 e. The molecular weight excluding hydrogens is 366 g/mol. The molecule has 1 amide bonds. The summed E-state index contributed by atoms with van der Waals surface area (Å²) in [4.78, 5) is 22.7. The zero-order chi connectivity index (χ0) is 19.7. The van der Waals surface area contributed by atoms with Crippen LogP contribution in [0.2, 0.25) is 0 Å². The number of aliphatic imine (C=N–C) groups is 1. The first-order valence-corrected chi connectivity index (χ1v) is 11.2. The van der Waals surface area contributed by atoms with Gasteiger partial charge in [-0.15, -0.1) is 11.3 Å². The standard InChI is InChI=1S/C23H29N3OS/c1-16-7-9-19(10-8-16)22-21-17(2)18(3)28-23(21)26(20(27)15-24-22)14-13-25-11-5-4-6-12-25/h7-10H,4-6,11-15H2,1-3H3/p+1. The Kier molecular flexibility index (Phi) is 5.65. The van der Waals surface area contributed by atoms with Gasteiger partial charge >= 0.3 is 0 Å². The fourth-order valence-corrected chi connectivity index (χ4v) is 5.45. The molecule has 148 valence electrons. The Morgan fingerprint density at radius 2 is 1.79 bits per heavy atom. The fraction of sp³-hybridized carbons (Fsp3) is 0.478. The first-order valence-electron chi connectivity index (χ1n) is 10.4. The lowest BCUT2D eigenvalue weighted by Crippen LogP contribution is -3.13. The number of anilines is 1. The molecule has 4 nitrogen and oxygen atoms in total. The summed E-state index contributed by atoms with van der Waals surface area (Å²) in [6.07, 6.45) is 3.98. The lowest BCUT2D eigenvalue weighted by atomic mass is 9.99. The Hall–Kier alpha value is -1.98. The highest BCUT2D eigenvalue weighted by atomic mass is 32.1. The molecule has 0 aliphatic carbocycles. The second-order valence-corrected chi connectivity index (χ2v) is 9.30. The molecule has 0 radical (unpaired) electrons. The minimum Gasteiger partial charge on any atom is -0.333 e. The number of amides is 1. The predicted molar refractivity (Wildman–Crippen MR) is 117 cm³/mol. The number of piperidine rings is 1. The van der Waals surface area contributed by atoms with Gasteiger partial charge in [-0.3, -0.25) is 14.7 Å². The third-order valence-electron chi connectivity index (χ3n) is 6.10. The second-order valence-electron chi connectivity index (χ2n) is 8.10. The number of rotatable bonds is 4. The van der Waals surface area contributed by atoms with Crippen molar-refractivity contribution in [2.45, 2.75) is 40.0 Å². The number of aryl methyl sites for hydroxylation is 2. The predicted octanol–water partition coefficient (Wildman–Crippen LogP) is 2.93. The van der Waals surface area contributed by atoms with Crippen LogP contribution in [0.5, 0.6) is 0 Å². The van der Waals surface area contributed by atoms with Gasteiger partial charge in [-0.1, -0.05) is 29.8 Å². The fourth-order valence-electron chi connectivity index (χ4n) is 4.25. The van der Waals surface area contributed by atoms with E-state index in [0.717, 1.165) is 34.9 Å². The highest BCUT2D eigenvalue weighted by molar-refractivity contribution is 7.17. The molecule has 0 spiro atoms. The molecule has 0 bridgehead atoms. The Balaban J connectivity index is 1.68. The van der Waals surface area contributed by atoms with Crippen LogP contribution in [0.4, 0.5) is 5.00 Å². The molecule has 1 aromatic carbocycles. The van der Waals surface area contributed by atoms with Crippen molar-refractivity contribution >= 4 is 28.0 Å². The van der Waals surface area contributed by atoms with Gasteiger partial charge in [0.2, 0.25) is 5.91 Å². The highest BCUT2D eigenvalue weighted by Gasteiger charge is 2.30. The van der Waals surface area contributed by atoms with Gasteiger partial charge in [0.25, 0.3) is 0 Å². The van der Waals surface area contributed by atoms with Crippen molar-refractivity contribution in [3.05, 3.63) is 51.4 Å². The van der Waals surface area contributed by atoms with E-state index in [9.17, 15) is 4.79 Å². The van der Waals surface area contributed by atoms with E-state index in [1.165, 1.54) is 48.4 Å². The van der Waals surface area contributed by atoms with E-state index >= 15 is 0 Å². The SMILES string of the molecule is Cc1ccc(C2=NCC(=O)N(CC[NH+]3CCCCC3)c3sc(C)c(C)c32)cc1. The maximum absolute atomic E-state index is 13.0. The van der Waals surface area contributed by atoms with Crippen molar-refractivity contribution in [1.82, 2.24) is 0 Å². The van der Waals surface area contributed by atoms with Crippen LogP contribution in [0.15, 0.2) is 29.3 Å². The van der Waals surface area contributed by atoms with Crippen LogP contribution in [0, 0.1) is 20.8 Å². The number of nitrogens with zero attached hydrogens (tertiary/aromatic N) is 2. The van der Waals surface area contributed by atoms with Gasteiger partial charge in [0, 0.05) is 16.0 Å². The van der Waals surface area contributed by atoms with Crippen LogP contribution in [0.3, 0.4) is 0 Å². The van der Waals surface area contributed by atoms with E-state index < -0.39 is 0 Å². The smallest absolute Gasteiger partial charge is 0.249 e. The van der Waals surface area contributed by atoms with E-state index in [2.05, 4.69) is 45.0 Å². The minimum absolute atomic E-state index is 0.126. The summed E-state index contributed by atoms with van der Waals surface area (Å²) in [5.41, 5.74) is 5.72. The topological polar surface area (TPSA) is 37.1 Å². The number of quaternary nitrogens is 1. The highest BCUT2D eigenvalue weighted by Crippen LogP contribution is 2.38. The number of hydrogen-bond acceptors (Lipinski definition) is 3. The molecule has 1 aromatic heterocycles. The Morgan fingerprint density at radius 1 is 1.07 bits per heavy atom. The maximum atomic E-state index is 13.0. The van der Waals surface area contributed by atoms with Crippen molar-refractivity contribution in [2.24, 2.45) is 4.99 Å². The van der Waals surface area contributed by atoms with Gasteiger partial charge in [-0.2, -0.15) is 0 Å². The van der Waals surface area contributed by atoms with E-state index in [4.69, 9.17) is 4.99 Å². The molecule has 28 heavy (non-hydrogen) atoms. The Morgan fingerprint density at radius 3 is 2.50 bits per heavy atom. The molecule has 4 rings (SSSR count). The summed E-state index contributed by atoms with van der Waals surface area (Å²) in [7, 11) is 0. The van der Waals surface area contributed by atoms with Gasteiger partial charge in [-0.05, 0) is 45.6 Å². The first-order chi connectivity index (χ1) is 13.5. The Labute approximate surface area is 171 Å². The normalized spacial score (nSPS) is 18.0. The summed E-state index contributed by atoms with van der Waals surface area (Å²) < 4.78 is 0. The molecule has 3 heterocycles. The number of hydrogen-bond donors (Lipinski definition) is 1. The molecule has 0 atom stereocenters. The van der Waals surface area contributed by atoms with Crippen molar-refractivity contribution in [3.63, 3.8) is 0 Å². The van der Waals surface area contributed by atoms with E-state index in [-0.39, 0.29) is 12.5 Å². The van der Waals surface area contributed by atoms with Gasteiger partial charge in [0.05, 0.1) is 31.9 Å². The number of thiophene rings is 1. The van der Waals surface area contributed by atoms with Gasteiger partial charge < -0.3 is 4.90 Å². The van der Waals surface area contributed by atoms with Crippen LogP contribution in [-0.2, 0) is 4.79 Å². The van der Waals surface area contributed by atoms with Gasteiger partial charge in [0.15, 0.2) is 0 Å². The number of likely N-dealkylation sites (tertiary alicyclic amines) is 1. The molecule has 2 aromatic rings. The molecule has 1 N–H and O–H groups in total. The first kappa shape index (κ1) is 19.3. The summed E-state index contributed by atoms with van der Waals surface area (Å²) in [5.74, 6) is 0.126. The number of benzene rings is 1. The Bertz CT molecular complexity index is 891. The van der Waals surface area contributed by atoms with Crippen LogP contribution < -0.4 is 9.80 Å². The zero-order valence-electron chi connectivity index (χ0n) is 17.2. The monoisotopic (exact) mass is 396 g/mol. The van der Waals surface area contributed by atoms with Crippen LogP contribution in [0.25, 0.3) is 0 Å². The largest absolute Gasteiger partial charge is 0.333 e. The molecule has 0 unspecified atom stereocenters. The number of nitrogens with one attached hydrogen (secondary N) is 1. The molecule has 2 aliphatic heterocycles. The molecule has 1 fully saturated rings.